The molecular weight excluding hydrogens is 294 g/mol. The fourth-order valence-electron chi connectivity index (χ4n) is 4.20. The number of Topliss-reactive ketones (excluding diaryl/α,β-unsaturated/α-hetero) is 1. The van der Waals surface area contributed by atoms with Crippen LogP contribution in [0.25, 0.3) is 16.7 Å². The first kappa shape index (κ1) is 14.9. The van der Waals surface area contributed by atoms with Gasteiger partial charge in [-0.3, -0.25) is 4.79 Å². The first-order chi connectivity index (χ1) is 11.6. The predicted molar refractivity (Wildman–Crippen MR) is 95.2 cm³/mol. The standard InChI is InChI=1S/C22H19NO/c1-15-21-12-18(17-4-2-3-16(11-17)14-23)5-6-19(21)13-22(15)9-7-20(24)8-10-22/h2-6,11-12H,1,7-10,13H2. The molecule has 2 heteroatoms. The molecule has 2 aromatic rings. The Bertz CT molecular complexity index is 890. The molecule has 2 aliphatic carbocycles. The van der Waals surface area contributed by atoms with Crippen molar-refractivity contribution < 1.29 is 4.79 Å². The van der Waals surface area contributed by atoms with Crippen LogP contribution in [0.3, 0.4) is 0 Å². The van der Waals surface area contributed by atoms with Gasteiger partial charge in [-0.05, 0) is 65.3 Å². The lowest BCUT2D eigenvalue weighted by Crippen LogP contribution is -2.27. The highest BCUT2D eigenvalue weighted by Crippen LogP contribution is 2.53. The molecule has 0 bridgehead atoms. The highest BCUT2D eigenvalue weighted by Gasteiger charge is 2.42. The zero-order valence-electron chi connectivity index (χ0n) is 13.6. The van der Waals surface area contributed by atoms with Crippen molar-refractivity contribution in [2.45, 2.75) is 32.1 Å². The number of hydrogen-bond donors (Lipinski definition) is 0. The monoisotopic (exact) mass is 313 g/mol. The van der Waals surface area contributed by atoms with Gasteiger partial charge in [0.25, 0.3) is 0 Å². The Morgan fingerprint density at radius 2 is 1.79 bits per heavy atom. The Kier molecular flexibility index (Phi) is 3.39. The summed E-state index contributed by atoms with van der Waals surface area (Å²) in [5.74, 6) is 0.387. The Morgan fingerprint density at radius 3 is 2.54 bits per heavy atom. The van der Waals surface area contributed by atoms with E-state index in [9.17, 15) is 4.79 Å². The summed E-state index contributed by atoms with van der Waals surface area (Å²) in [6, 6.07) is 16.4. The van der Waals surface area contributed by atoms with Crippen molar-refractivity contribution in [2.24, 2.45) is 5.41 Å². The van der Waals surface area contributed by atoms with Crippen LogP contribution in [0, 0.1) is 16.7 Å². The Balaban J connectivity index is 1.71. The highest BCUT2D eigenvalue weighted by atomic mass is 16.1. The highest BCUT2D eigenvalue weighted by molar-refractivity contribution is 5.84. The lowest BCUT2D eigenvalue weighted by atomic mass is 9.69. The molecule has 2 aliphatic rings. The van der Waals surface area contributed by atoms with Crippen LogP contribution >= 0.6 is 0 Å². The van der Waals surface area contributed by atoms with Crippen LogP contribution in [0.15, 0.2) is 49.0 Å². The number of carbonyl (C=O) groups is 1. The maximum atomic E-state index is 11.6. The lowest BCUT2D eigenvalue weighted by molar-refractivity contribution is -0.121. The number of hydrogen-bond acceptors (Lipinski definition) is 2. The smallest absolute Gasteiger partial charge is 0.132 e. The number of nitrogens with zero attached hydrogens (tertiary/aromatic N) is 1. The summed E-state index contributed by atoms with van der Waals surface area (Å²) >= 11 is 0. The van der Waals surface area contributed by atoms with Crippen LogP contribution in [0.5, 0.6) is 0 Å². The van der Waals surface area contributed by atoms with Gasteiger partial charge in [0.05, 0.1) is 11.6 Å². The predicted octanol–water partition coefficient (Wildman–Crippen LogP) is 4.92. The van der Waals surface area contributed by atoms with Crippen molar-refractivity contribution in [1.82, 2.24) is 0 Å². The van der Waals surface area contributed by atoms with Crippen LogP contribution < -0.4 is 0 Å². The summed E-state index contributed by atoms with van der Waals surface area (Å²) in [7, 11) is 0. The summed E-state index contributed by atoms with van der Waals surface area (Å²) in [5.41, 5.74) is 6.72. The fourth-order valence-corrected chi connectivity index (χ4v) is 4.20. The van der Waals surface area contributed by atoms with E-state index >= 15 is 0 Å². The molecule has 1 fully saturated rings. The number of benzene rings is 2. The molecule has 4 rings (SSSR count). The third-order valence-electron chi connectivity index (χ3n) is 5.69. The zero-order chi connectivity index (χ0) is 16.7. The quantitative estimate of drug-likeness (QED) is 0.749. The number of carbonyl (C=O) groups excluding carboxylic acids is 1. The van der Waals surface area contributed by atoms with Crippen LogP contribution in [0.2, 0.25) is 0 Å². The number of nitriles is 1. The second-order valence-corrected chi connectivity index (χ2v) is 7.04. The molecule has 118 valence electrons. The van der Waals surface area contributed by atoms with Gasteiger partial charge in [-0.25, -0.2) is 0 Å². The topological polar surface area (TPSA) is 40.9 Å². The van der Waals surface area contributed by atoms with Gasteiger partial charge in [0.15, 0.2) is 0 Å². The minimum atomic E-state index is 0.0867. The molecule has 0 aromatic heterocycles. The summed E-state index contributed by atoms with van der Waals surface area (Å²) in [6.07, 6.45) is 4.23. The van der Waals surface area contributed by atoms with Gasteiger partial charge in [0.1, 0.15) is 5.78 Å². The van der Waals surface area contributed by atoms with Gasteiger partial charge in [-0.2, -0.15) is 5.26 Å². The largest absolute Gasteiger partial charge is 0.300 e. The Hall–Kier alpha value is -2.66. The van der Waals surface area contributed by atoms with Crippen LogP contribution in [-0.4, -0.2) is 5.78 Å². The van der Waals surface area contributed by atoms with Crippen LogP contribution in [0.4, 0.5) is 0 Å². The third-order valence-corrected chi connectivity index (χ3v) is 5.69. The van der Waals surface area contributed by atoms with Gasteiger partial charge in [-0.15, -0.1) is 0 Å². The van der Waals surface area contributed by atoms with Gasteiger partial charge in [0.2, 0.25) is 0 Å². The molecule has 1 saturated carbocycles. The van der Waals surface area contributed by atoms with Crippen molar-refractivity contribution in [2.75, 3.05) is 0 Å². The summed E-state index contributed by atoms with van der Waals surface area (Å²) in [4.78, 5) is 11.6. The molecule has 0 atom stereocenters. The Morgan fingerprint density at radius 1 is 1.04 bits per heavy atom. The number of rotatable bonds is 1. The van der Waals surface area contributed by atoms with Gasteiger partial charge in [0, 0.05) is 18.3 Å². The van der Waals surface area contributed by atoms with E-state index in [4.69, 9.17) is 5.26 Å². The van der Waals surface area contributed by atoms with E-state index in [1.807, 2.05) is 24.3 Å². The number of ketones is 1. The molecule has 2 nitrogen and oxygen atoms in total. The first-order valence-corrected chi connectivity index (χ1v) is 8.46. The average molecular weight is 313 g/mol. The van der Waals surface area contributed by atoms with Crippen LogP contribution in [-0.2, 0) is 11.2 Å². The molecule has 0 saturated heterocycles. The fraction of sp³-hybridized carbons (Fsp3) is 0.273. The Labute approximate surface area is 142 Å². The van der Waals surface area contributed by atoms with E-state index < -0.39 is 0 Å². The maximum absolute atomic E-state index is 11.6. The summed E-state index contributed by atoms with van der Waals surface area (Å²) in [5, 5.41) is 9.10. The first-order valence-electron chi connectivity index (χ1n) is 8.46. The molecule has 2 aromatic carbocycles. The molecule has 0 aliphatic heterocycles. The third kappa shape index (κ3) is 2.29. The second kappa shape index (κ2) is 5.46. The molecule has 0 unspecified atom stereocenters. The van der Waals surface area contributed by atoms with E-state index in [0.717, 1.165) is 30.4 Å². The van der Waals surface area contributed by atoms with E-state index in [2.05, 4.69) is 30.8 Å². The molecule has 0 radical (unpaired) electrons. The summed E-state index contributed by atoms with van der Waals surface area (Å²) < 4.78 is 0. The normalized spacial score (nSPS) is 18.5. The lowest BCUT2D eigenvalue weighted by Gasteiger charge is -2.34. The zero-order valence-corrected chi connectivity index (χ0v) is 13.6. The van der Waals surface area contributed by atoms with Crippen LogP contribution in [0.1, 0.15) is 42.4 Å². The maximum Gasteiger partial charge on any atom is 0.132 e. The van der Waals surface area contributed by atoms with Crippen molar-refractivity contribution in [3.05, 3.63) is 65.7 Å². The molecule has 24 heavy (non-hydrogen) atoms. The average Bonchev–Trinajstić information content (AvgIpc) is 2.89. The van der Waals surface area contributed by atoms with Gasteiger partial charge >= 0.3 is 0 Å². The number of allylic oxidation sites excluding steroid dienone is 1. The molecular formula is C22H19NO. The molecule has 0 heterocycles. The minimum absolute atomic E-state index is 0.0867. The minimum Gasteiger partial charge on any atom is -0.300 e. The second-order valence-electron chi connectivity index (χ2n) is 7.04. The van der Waals surface area contributed by atoms with Crippen molar-refractivity contribution >= 4 is 11.4 Å². The molecule has 1 spiro atoms. The van der Waals surface area contributed by atoms with Crippen molar-refractivity contribution in [1.29, 1.82) is 5.26 Å². The SMILES string of the molecule is C=C1c2cc(-c3cccc(C#N)c3)ccc2CC12CCC(=O)CC2. The number of fused-ring (bicyclic) bond motifs is 1. The van der Waals surface area contributed by atoms with Gasteiger partial charge in [-0.1, -0.05) is 30.8 Å². The van der Waals surface area contributed by atoms with E-state index in [1.165, 1.54) is 16.7 Å². The van der Waals surface area contributed by atoms with E-state index in [-0.39, 0.29) is 5.41 Å². The van der Waals surface area contributed by atoms with E-state index in [0.29, 0.717) is 24.2 Å². The molecule has 0 N–H and O–H groups in total. The molecule has 0 amide bonds. The van der Waals surface area contributed by atoms with E-state index in [1.54, 1.807) is 0 Å². The summed E-state index contributed by atoms with van der Waals surface area (Å²) in [6.45, 7) is 4.40. The van der Waals surface area contributed by atoms with Crippen molar-refractivity contribution in [3.63, 3.8) is 0 Å². The van der Waals surface area contributed by atoms with Gasteiger partial charge < -0.3 is 0 Å². The van der Waals surface area contributed by atoms with Crippen molar-refractivity contribution in [3.8, 4) is 17.2 Å².